The molecule has 0 radical (unpaired) electrons. The number of hydrogen-bond acceptors (Lipinski definition) is 2. The molecule has 1 aromatic heterocycles. The molecule has 1 unspecified atom stereocenters. The maximum atomic E-state index is 13.4. The summed E-state index contributed by atoms with van der Waals surface area (Å²) in [6.45, 7) is 1.98. The van der Waals surface area contributed by atoms with E-state index in [2.05, 4.69) is 10.3 Å². The van der Waals surface area contributed by atoms with Crippen molar-refractivity contribution in [3.8, 4) is 0 Å². The van der Waals surface area contributed by atoms with E-state index in [1.807, 2.05) is 20.0 Å². The van der Waals surface area contributed by atoms with Crippen molar-refractivity contribution >= 4 is 11.6 Å². The van der Waals surface area contributed by atoms with E-state index in [1.165, 1.54) is 6.07 Å². The molecule has 100 valence electrons. The van der Waals surface area contributed by atoms with Gasteiger partial charge in [0, 0.05) is 18.4 Å². The molecule has 19 heavy (non-hydrogen) atoms. The lowest BCUT2D eigenvalue weighted by molar-refractivity contribution is 0.574. The van der Waals surface area contributed by atoms with E-state index in [1.54, 1.807) is 24.5 Å². The number of halogens is 2. The van der Waals surface area contributed by atoms with E-state index in [9.17, 15) is 4.39 Å². The van der Waals surface area contributed by atoms with E-state index in [0.717, 1.165) is 16.7 Å². The molecule has 0 aliphatic carbocycles. The molecular formula is C15H16ClFN2. The number of nitrogens with zero attached hydrogens (tertiary/aromatic N) is 1. The zero-order chi connectivity index (χ0) is 13.8. The molecule has 0 fully saturated rings. The molecule has 0 saturated carbocycles. The Hall–Kier alpha value is -1.45. The Kier molecular flexibility index (Phi) is 4.51. The molecule has 4 heteroatoms. The van der Waals surface area contributed by atoms with Crippen LogP contribution < -0.4 is 5.32 Å². The maximum absolute atomic E-state index is 13.4. The van der Waals surface area contributed by atoms with Gasteiger partial charge in [0.1, 0.15) is 5.82 Å². The Morgan fingerprint density at radius 3 is 2.84 bits per heavy atom. The number of rotatable bonds is 4. The SMILES string of the molecule is CNC(Cc1ccncc1Cl)c1cc(F)ccc1C. The maximum Gasteiger partial charge on any atom is 0.123 e. The summed E-state index contributed by atoms with van der Waals surface area (Å²) in [6.07, 6.45) is 4.04. The third-order valence-corrected chi connectivity index (χ3v) is 3.59. The molecule has 0 spiro atoms. The number of benzene rings is 1. The highest BCUT2D eigenvalue weighted by Crippen LogP contribution is 2.25. The second kappa shape index (κ2) is 6.13. The van der Waals surface area contributed by atoms with Crippen LogP contribution in [-0.2, 0) is 6.42 Å². The summed E-state index contributed by atoms with van der Waals surface area (Å²) in [5, 5.41) is 3.85. The van der Waals surface area contributed by atoms with Crippen molar-refractivity contribution in [1.82, 2.24) is 10.3 Å². The largest absolute Gasteiger partial charge is 0.313 e. The lowest BCUT2D eigenvalue weighted by Gasteiger charge is -2.19. The van der Waals surface area contributed by atoms with Gasteiger partial charge in [-0.1, -0.05) is 17.7 Å². The van der Waals surface area contributed by atoms with E-state index in [4.69, 9.17) is 11.6 Å². The highest BCUT2D eigenvalue weighted by atomic mass is 35.5. The zero-order valence-corrected chi connectivity index (χ0v) is 11.7. The van der Waals surface area contributed by atoms with Crippen molar-refractivity contribution < 1.29 is 4.39 Å². The van der Waals surface area contributed by atoms with Gasteiger partial charge >= 0.3 is 0 Å². The highest BCUT2D eigenvalue weighted by Gasteiger charge is 2.15. The summed E-state index contributed by atoms with van der Waals surface area (Å²) in [7, 11) is 1.87. The van der Waals surface area contributed by atoms with Crippen LogP contribution in [0.5, 0.6) is 0 Å². The second-order valence-electron chi connectivity index (χ2n) is 4.51. The monoisotopic (exact) mass is 278 g/mol. The van der Waals surface area contributed by atoms with Crippen molar-refractivity contribution in [2.24, 2.45) is 0 Å². The average Bonchev–Trinajstić information content (AvgIpc) is 2.41. The van der Waals surface area contributed by atoms with Crippen LogP contribution in [0.25, 0.3) is 0 Å². The van der Waals surface area contributed by atoms with Gasteiger partial charge in [0.15, 0.2) is 0 Å². The minimum atomic E-state index is -0.221. The van der Waals surface area contributed by atoms with Gasteiger partial charge in [-0.15, -0.1) is 0 Å². The van der Waals surface area contributed by atoms with Crippen LogP contribution >= 0.6 is 11.6 Å². The van der Waals surface area contributed by atoms with Crippen LogP contribution in [-0.4, -0.2) is 12.0 Å². The third-order valence-electron chi connectivity index (χ3n) is 3.25. The summed E-state index contributed by atoms with van der Waals surface area (Å²) >= 11 is 6.12. The fourth-order valence-corrected chi connectivity index (χ4v) is 2.34. The topological polar surface area (TPSA) is 24.9 Å². The molecule has 0 aliphatic rings. The van der Waals surface area contributed by atoms with Crippen molar-refractivity contribution in [2.75, 3.05) is 7.05 Å². The first-order chi connectivity index (χ1) is 9.11. The van der Waals surface area contributed by atoms with Crippen LogP contribution in [0, 0.1) is 12.7 Å². The summed E-state index contributed by atoms with van der Waals surface area (Å²) in [5.74, 6) is -0.221. The first kappa shape index (κ1) is 14.0. The summed E-state index contributed by atoms with van der Waals surface area (Å²) in [5.41, 5.74) is 3.01. The van der Waals surface area contributed by atoms with Crippen molar-refractivity contribution in [3.63, 3.8) is 0 Å². The molecule has 2 rings (SSSR count). The van der Waals surface area contributed by atoms with E-state index >= 15 is 0 Å². The summed E-state index contributed by atoms with van der Waals surface area (Å²) in [4.78, 5) is 3.97. The second-order valence-corrected chi connectivity index (χ2v) is 4.92. The van der Waals surface area contributed by atoms with Crippen LogP contribution in [0.15, 0.2) is 36.7 Å². The van der Waals surface area contributed by atoms with Crippen molar-refractivity contribution in [2.45, 2.75) is 19.4 Å². The molecule has 1 N–H and O–H groups in total. The standard InChI is InChI=1S/C15H16ClFN2/c1-10-3-4-12(17)8-13(10)15(18-2)7-11-5-6-19-9-14(11)16/h3-6,8-9,15,18H,7H2,1-2H3. The Labute approximate surface area is 117 Å². The van der Waals surface area contributed by atoms with Gasteiger partial charge < -0.3 is 5.32 Å². The van der Waals surface area contributed by atoms with Crippen LogP contribution in [0.3, 0.4) is 0 Å². The molecule has 1 heterocycles. The van der Waals surface area contributed by atoms with Crippen molar-refractivity contribution in [1.29, 1.82) is 0 Å². The molecule has 2 aromatic rings. The smallest absolute Gasteiger partial charge is 0.123 e. The van der Waals surface area contributed by atoms with Gasteiger partial charge in [-0.25, -0.2) is 4.39 Å². The van der Waals surface area contributed by atoms with E-state index in [0.29, 0.717) is 11.4 Å². The highest BCUT2D eigenvalue weighted by molar-refractivity contribution is 6.31. The van der Waals surface area contributed by atoms with Gasteiger partial charge in [0.05, 0.1) is 5.02 Å². The summed E-state index contributed by atoms with van der Waals surface area (Å²) in [6, 6.07) is 6.76. The molecule has 2 nitrogen and oxygen atoms in total. The zero-order valence-electron chi connectivity index (χ0n) is 11.0. The molecule has 0 saturated heterocycles. The minimum Gasteiger partial charge on any atom is -0.313 e. The molecule has 0 bridgehead atoms. The Bertz CT molecular complexity index is 572. The predicted molar refractivity (Wildman–Crippen MR) is 75.9 cm³/mol. The van der Waals surface area contributed by atoms with Crippen LogP contribution in [0.1, 0.15) is 22.7 Å². The molecule has 0 aliphatic heterocycles. The fourth-order valence-electron chi connectivity index (χ4n) is 2.14. The average molecular weight is 279 g/mol. The number of pyridine rings is 1. The Balaban J connectivity index is 2.30. The third kappa shape index (κ3) is 3.31. The van der Waals surface area contributed by atoms with Crippen LogP contribution in [0.2, 0.25) is 5.02 Å². The number of aryl methyl sites for hydroxylation is 1. The number of aromatic nitrogens is 1. The number of likely N-dealkylation sites (N-methyl/N-ethyl adjacent to an activating group) is 1. The first-order valence-electron chi connectivity index (χ1n) is 6.13. The van der Waals surface area contributed by atoms with Gasteiger partial charge in [-0.05, 0) is 55.3 Å². The van der Waals surface area contributed by atoms with E-state index < -0.39 is 0 Å². The predicted octanol–water partition coefficient (Wildman–Crippen LogP) is 3.69. The van der Waals surface area contributed by atoms with Gasteiger partial charge in [0.2, 0.25) is 0 Å². The molecular weight excluding hydrogens is 263 g/mol. The van der Waals surface area contributed by atoms with E-state index in [-0.39, 0.29) is 11.9 Å². The lowest BCUT2D eigenvalue weighted by Crippen LogP contribution is -2.20. The number of nitrogens with one attached hydrogen (secondary N) is 1. The van der Waals surface area contributed by atoms with Gasteiger partial charge in [-0.2, -0.15) is 0 Å². The van der Waals surface area contributed by atoms with Crippen molar-refractivity contribution in [3.05, 3.63) is 64.2 Å². The molecule has 1 atom stereocenters. The van der Waals surface area contributed by atoms with Gasteiger partial charge in [0.25, 0.3) is 0 Å². The minimum absolute atomic E-state index is 0.0237. The molecule has 1 aromatic carbocycles. The fraction of sp³-hybridized carbons (Fsp3) is 0.267. The number of hydrogen-bond donors (Lipinski definition) is 1. The van der Waals surface area contributed by atoms with Crippen LogP contribution in [0.4, 0.5) is 4.39 Å². The lowest BCUT2D eigenvalue weighted by atomic mass is 9.96. The summed E-state index contributed by atoms with van der Waals surface area (Å²) < 4.78 is 13.4. The first-order valence-corrected chi connectivity index (χ1v) is 6.51. The Morgan fingerprint density at radius 1 is 1.37 bits per heavy atom. The Morgan fingerprint density at radius 2 is 2.16 bits per heavy atom. The van der Waals surface area contributed by atoms with Gasteiger partial charge in [-0.3, -0.25) is 4.98 Å². The molecule has 0 amide bonds. The quantitative estimate of drug-likeness (QED) is 0.923. The normalized spacial score (nSPS) is 12.4.